The molecule has 0 unspecified atom stereocenters. The second kappa shape index (κ2) is 6.02. The van der Waals surface area contributed by atoms with E-state index in [2.05, 4.69) is 4.72 Å². The third-order valence-corrected chi connectivity index (χ3v) is 4.86. The zero-order valence-corrected chi connectivity index (χ0v) is 12.5. The molecule has 0 bridgehead atoms. The van der Waals surface area contributed by atoms with Gasteiger partial charge in [0.2, 0.25) is 10.0 Å². The number of sulfonamides is 1. The number of nitrogens with zero attached hydrogens (tertiary/aromatic N) is 1. The Morgan fingerprint density at radius 1 is 1.37 bits per heavy atom. The van der Waals surface area contributed by atoms with Gasteiger partial charge in [0.05, 0.1) is 11.1 Å². The smallest absolute Gasteiger partial charge is 0.263 e. The van der Waals surface area contributed by atoms with Crippen LogP contribution in [0.5, 0.6) is 0 Å². The predicted molar refractivity (Wildman–Crippen MR) is 76.0 cm³/mol. The number of rotatable bonds is 5. The fraction of sp³-hybridized carbons (Fsp3) is 0.583. The molecule has 1 fully saturated rings. The van der Waals surface area contributed by atoms with Gasteiger partial charge >= 0.3 is 0 Å². The highest BCUT2D eigenvalue weighted by atomic mass is 32.2. The molecule has 1 aliphatic rings. The summed E-state index contributed by atoms with van der Waals surface area (Å²) in [4.78, 5) is 15.8. The summed E-state index contributed by atoms with van der Waals surface area (Å²) in [5.74, 6) is 0.102. The molecule has 1 saturated heterocycles. The molecule has 1 aromatic rings. The van der Waals surface area contributed by atoms with Crippen LogP contribution in [0.3, 0.4) is 0 Å². The van der Waals surface area contributed by atoms with E-state index in [4.69, 9.17) is 0 Å². The SMILES string of the molecule is CS(=O)(=O)NCCc1ccc(C(=O)N2CCCC2)s1. The molecule has 5 nitrogen and oxygen atoms in total. The predicted octanol–water partition coefficient (Wildman–Crippen LogP) is 1.08. The van der Waals surface area contributed by atoms with Gasteiger partial charge in [-0.3, -0.25) is 4.79 Å². The van der Waals surface area contributed by atoms with Gasteiger partial charge in [-0.1, -0.05) is 0 Å². The average molecular weight is 302 g/mol. The molecule has 1 amide bonds. The first-order valence-electron chi connectivity index (χ1n) is 6.28. The number of thiophene rings is 1. The lowest BCUT2D eigenvalue weighted by Gasteiger charge is -2.13. The van der Waals surface area contributed by atoms with E-state index in [0.717, 1.165) is 41.9 Å². The van der Waals surface area contributed by atoms with Gasteiger partial charge in [-0.25, -0.2) is 13.1 Å². The Labute approximate surface area is 117 Å². The summed E-state index contributed by atoms with van der Waals surface area (Å²) < 4.78 is 24.3. The topological polar surface area (TPSA) is 66.5 Å². The molecule has 1 aromatic heterocycles. The van der Waals surface area contributed by atoms with E-state index in [-0.39, 0.29) is 5.91 Å². The van der Waals surface area contributed by atoms with Gasteiger partial charge in [0.25, 0.3) is 5.91 Å². The van der Waals surface area contributed by atoms with Crippen molar-refractivity contribution >= 4 is 27.3 Å². The van der Waals surface area contributed by atoms with Crippen molar-refractivity contribution < 1.29 is 13.2 Å². The summed E-state index contributed by atoms with van der Waals surface area (Å²) in [5, 5.41) is 0. The van der Waals surface area contributed by atoms with E-state index in [1.807, 2.05) is 17.0 Å². The van der Waals surface area contributed by atoms with E-state index in [1.165, 1.54) is 11.3 Å². The van der Waals surface area contributed by atoms with Gasteiger partial charge in [0.1, 0.15) is 0 Å². The largest absolute Gasteiger partial charge is 0.338 e. The van der Waals surface area contributed by atoms with Crippen molar-refractivity contribution in [2.45, 2.75) is 19.3 Å². The number of hydrogen-bond donors (Lipinski definition) is 1. The lowest BCUT2D eigenvalue weighted by Crippen LogP contribution is -2.26. The van der Waals surface area contributed by atoms with Crippen molar-refractivity contribution in [1.29, 1.82) is 0 Å². The molecule has 1 aliphatic heterocycles. The molecule has 0 spiro atoms. The van der Waals surface area contributed by atoms with Gasteiger partial charge in [0, 0.05) is 24.5 Å². The number of carbonyl (C=O) groups excluding carboxylic acids is 1. The Kier molecular flexibility index (Phi) is 4.59. The van der Waals surface area contributed by atoms with Crippen LogP contribution in [0.25, 0.3) is 0 Å². The van der Waals surface area contributed by atoms with Crippen LogP contribution in [0, 0.1) is 0 Å². The first-order chi connectivity index (χ1) is 8.96. The molecule has 0 aromatic carbocycles. The van der Waals surface area contributed by atoms with Gasteiger partial charge in [0.15, 0.2) is 0 Å². The first kappa shape index (κ1) is 14.5. The van der Waals surface area contributed by atoms with Crippen LogP contribution in [0.15, 0.2) is 12.1 Å². The Morgan fingerprint density at radius 3 is 2.68 bits per heavy atom. The summed E-state index contributed by atoms with van der Waals surface area (Å²) in [6, 6.07) is 3.74. The molecular formula is C12H18N2O3S2. The summed E-state index contributed by atoms with van der Waals surface area (Å²) >= 11 is 1.45. The highest BCUT2D eigenvalue weighted by Gasteiger charge is 2.20. The minimum absolute atomic E-state index is 0.102. The van der Waals surface area contributed by atoms with Crippen molar-refractivity contribution in [1.82, 2.24) is 9.62 Å². The van der Waals surface area contributed by atoms with Crippen LogP contribution in [-0.4, -0.2) is 45.1 Å². The number of carbonyl (C=O) groups is 1. The van der Waals surface area contributed by atoms with E-state index >= 15 is 0 Å². The molecule has 7 heteroatoms. The molecule has 1 N–H and O–H groups in total. The molecule has 0 aliphatic carbocycles. The normalized spacial score (nSPS) is 15.9. The molecular weight excluding hydrogens is 284 g/mol. The third-order valence-electron chi connectivity index (χ3n) is 3.00. The van der Waals surface area contributed by atoms with Crippen molar-refractivity contribution in [3.63, 3.8) is 0 Å². The number of nitrogens with one attached hydrogen (secondary N) is 1. The lowest BCUT2D eigenvalue weighted by molar-refractivity contribution is 0.0797. The van der Waals surface area contributed by atoms with Gasteiger partial charge in [-0.15, -0.1) is 11.3 Å². The number of likely N-dealkylation sites (tertiary alicyclic amines) is 1. The van der Waals surface area contributed by atoms with Crippen LogP contribution >= 0.6 is 11.3 Å². The fourth-order valence-electron chi connectivity index (χ4n) is 2.06. The highest BCUT2D eigenvalue weighted by molar-refractivity contribution is 7.88. The van der Waals surface area contributed by atoms with Crippen LogP contribution in [-0.2, 0) is 16.4 Å². The second-order valence-corrected chi connectivity index (χ2v) is 7.68. The second-order valence-electron chi connectivity index (χ2n) is 4.68. The maximum Gasteiger partial charge on any atom is 0.263 e. The Balaban J connectivity index is 1.89. The standard InChI is InChI=1S/C12H18N2O3S2/c1-19(16,17)13-7-6-10-4-5-11(18-10)12(15)14-8-2-3-9-14/h4-5,13H,2-3,6-9H2,1H3. The summed E-state index contributed by atoms with van der Waals surface area (Å²) in [7, 11) is -3.14. The zero-order valence-electron chi connectivity index (χ0n) is 10.9. The van der Waals surface area contributed by atoms with Gasteiger partial charge in [-0.2, -0.15) is 0 Å². The molecule has 0 saturated carbocycles. The van der Waals surface area contributed by atoms with Crippen molar-refractivity contribution in [3.8, 4) is 0 Å². The molecule has 0 radical (unpaired) electrons. The van der Waals surface area contributed by atoms with Gasteiger partial charge < -0.3 is 4.90 Å². The maximum absolute atomic E-state index is 12.1. The Hall–Kier alpha value is -0.920. The summed E-state index contributed by atoms with van der Waals surface area (Å²) in [6.07, 6.45) is 3.93. The van der Waals surface area contributed by atoms with E-state index in [1.54, 1.807) is 0 Å². The Morgan fingerprint density at radius 2 is 2.05 bits per heavy atom. The van der Waals surface area contributed by atoms with Crippen molar-refractivity contribution in [2.75, 3.05) is 25.9 Å². The Bertz CT molecular complexity index is 545. The zero-order chi connectivity index (χ0) is 13.9. The van der Waals surface area contributed by atoms with E-state index in [9.17, 15) is 13.2 Å². The summed E-state index contributed by atoms with van der Waals surface area (Å²) in [6.45, 7) is 2.07. The lowest BCUT2D eigenvalue weighted by atomic mass is 10.3. The van der Waals surface area contributed by atoms with Gasteiger partial charge in [-0.05, 0) is 31.4 Å². The minimum Gasteiger partial charge on any atom is -0.338 e. The molecule has 106 valence electrons. The van der Waals surface area contributed by atoms with E-state index in [0.29, 0.717) is 13.0 Å². The van der Waals surface area contributed by atoms with Crippen molar-refractivity contribution in [2.24, 2.45) is 0 Å². The monoisotopic (exact) mass is 302 g/mol. The maximum atomic E-state index is 12.1. The first-order valence-corrected chi connectivity index (χ1v) is 8.99. The van der Waals surface area contributed by atoms with Crippen LogP contribution < -0.4 is 4.72 Å². The molecule has 2 rings (SSSR count). The molecule has 2 heterocycles. The quantitative estimate of drug-likeness (QED) is 0.885. The van der Waals surface area contributed by atoms with Crippen LogP contribution in [0.2, 0.25) is 0 Å². The van der Waals surface area contributed by atoms with Crippen LogP contribution in [0.1, 0.15) is 27.4 Å². The van der Waals surface area contributed by atoms with Crippen LogP contribution in [0.4, 0.5) is 0 Å². The molecule has 19 heavy (non-hydrogen) atoms. The fourth-order valence-corrected chi connectivity index (χ4v) is 3.51. The number of hydrogen-bond acceptors (Lipinski definition) is 4. The average Bonchev–Trinajstić information content (AvgIpc) is 2.97. The summed E-state index contributed by atoms with van der Waals surface area (Å²) in [5.41, 5.74) is 0. The van der Waals surface area contributed by atoms with Crippen molar-refractivity contribution in [3.05, 3.63) is 21.9 Å². The molecule has 0 atom stereocenters. The third kappa shape index (κ3) is 4.29. The highest BCUT2D eigenvalue weighted by Crippen LogP contribution is 2.21. The minimum atomic E-state index is -3.14. The van der Waals surface area contributed by atoms with E-state index < -0.39 is 10.0 Å². The number of amides is 1.